The summed E-state index contributed by atoms with van der Waals surface area (Å²) in [6.45, 7) is 3.26. The summed E-state index contributed by atoms with van der Waals surface area (Å²) in [4.78, 5) is 15.0. The molecule has 82 valence electrons. The number of amides is 2. The third kappa shape index (κ3) is 2.87. The van der Waals surface area contributed by atoms with Crippen molar-refractivity contribution in [3.8, 4) is 0 Å². The molecule has 0 aliphatic carbocycles. The van der Waals surface area contributed by atoms with Gasteiger partial charge in [0.05, 0.1) is 5.60 Å². The van der Waals surface area contributed by atoms with Crippen LogP contribution < -0.4 is 0 Å². The molecule has 0 spiro atoms. The van der Waals surface area contributed by atoms with Gasteiger partial charge in [-0.25, -0.2) is 4.79 Å². The molecule has 1 heterocycles. The molecular weight excluding hydrogens is 180 g/mol. The van der Waals surface area contributed by atoms with E-state index in [1.165, 1.54) is 0 Å². The molecule has 1 atom stereocenters. The van der Waals surface area contributed by atoms with Crippen LogP contribution in [-0.4, -0.2) is 53.7 Å². The van der Waals surface area contributed by atoms with Crippen molar-refractivity contribution < 1.29 is 9.90 Å². The Hall–Kier alpha value is -0.770. The van der Waals surface area contributed by atoms with Crippen molar-refractivity contribution in [2.45, 2.75) is 31.8 Å². The van der Waals surface area contributed by atoms with E-state index in [2.05, 4.69) is 0 Å². The van der Waals surface area contributed by atoms with Crippen LogP contribution in [0.15, 0.2) is 0 Å². The number of hydrogen-bond donors (Lipinski definition) is 1. The minimum absolute atomic E-state index is 0.0442. The van der Waals surface area contributed by atoms with E-state index in [9.17, 15) is 9.90 Å². The van der Waals surface area contributed by atoms with Gasteiger partial charge in [-0.15, -0.1) is 0 Å². The number of carbonyl (C=O) groups excluding carboxylic acids is 1. The normalized spacial score (nSPS) is 28.4. The summed E-state index contributed by atoms with van der Waals surface area (Å²) >= 11 is 0. The van der Waals surface area contributed by atoms with E-state index >= 15 is 0 Å². The molecule has 0 aromatic rings. The molecule has 0 aromatic carbocycles. The number of likely N-dealkylation sites (tertiary alicyclic amines) is 1. The van der Waals surface area contributed by atoms with E-state index in [0.29, 0.717) is 13.0 Å². The Morgan fingerprint density at radius 3 is 2.57 bits per heavy atom. The molecule has 1 rings (SSSR count). The smallest absolute Gasteiger partial charge is 0.319 e. The summed E-state index contributed by atoms with van der Waals surface area (Å²) in [5, 5.41) is 9.84. The highest BCUT2D eigenvalue weighted by Crippen LogP contribution is 2.21. The number of rotatable bonds is 0. The SMILES string of the molecule is CN(C)C(=O)N1CCCC(C)(O)CC1. The minimum Gasteiger partial charge on any atom is -0.390 e. The first-order chi connectivity index (χ1) is 6.42. The molecule has 14 heavy (non-hydrogen) atoms. The Balaban J connectivity index is 2.54. The van der Waals surface area contributed by atoms with E-state index in [0.717, 1.165) is 19.4 Å². The topological polar surface area (TPSA) is 43.8 Å². The van der Waals surface area contributed by atoms with Crippen LogP contribution in [0.25, 0.3) is 0 Å². The summed E-state index contributed by atoms with van der Waals surface area (Å²) in [6, 6.07) is 0.0442. The molecule has 1 aliphatic rings. The van der Waals surface area contributed by atoms with Crippen molar-refractivity contribution >= 4 is 6.03 Å². The van der Waals surface area contributed by atoms with Crippen molar-refractivity contribution in [3.05, 3.63) is 0 Å². The molecule has 1 unspecified atom stereocenters. The zero-order chi connectivity index (χ0) is 10.8. The molecule has 0 bridgehead atoms. The average molecular weight is 200 g/mol. The Kier molecular flexibility index (Phi) is 3.37. The Morgan fingerprint density at radius 1 is 1.36 bits per heavy atom. The molecule has 1 N–H and O–H groups in total. The number of urea groups is 1. The lowest BCUT2D eigenvalue weighted by Gasteiger charge is -2.25. The molecule has 0 aromatic heterocycles. The van der Waals surface area contributed by atoms with Gasteiger partial charge >= 0.3 is 6.03 Å². The fourth-order valence-electron chi connectivity index (χ4n) is 1.74. The molecule has 1 saturated heterocycles. The van der Waals surface area contributed by atoms with Crippen molar-refractivity contribution in [1.82, 2.24) is 9.80 Å². The summed E-state index contributed by atoms with van der Waals surface area (Å²) < 4.78 is 0. The van der Waals surface area contributed by atoms with Crippen LogP contribution in [0, 0.1) is 0 Å². The molecule has 4 heteroatoms. The largest absolute Gasteiger partial charge is 0.390 e. The van der Waals surface area contributed by atoms with Crippen molar-refractivity contribution in [2.75, 3.05) is 27.2 Å². The summed E-state index contributed by atoms with van der Waals surface area (Å²) in [6.07, 6.45) is 2.34. The second kappa shape index (κ2) is 4.17. The van der Waals surface area contributed by atoms with Crippen molar-refractivity contribution in [1.29, 1.82) is 0 Å². The number of aliphatic hydroxyl groups is 1. The molecule has 0 saturated carbocycles. The lowest BCUT2D eigenvalue weighted by molar-refractivity contribution is 0.0453. The molecule has 2 amide bonds. The van der Waals surface area contributed by atoms with Crippen LogP contribution >= 0.6 is 0 Å². The molecular formula is C10H20N2O2. The Labute approximate surface area is 85.5 Å². The lowest BCUT2D eigenvalue weighted by atomic mass is 9.98. The standard InChI is InChI=1S/C10H20N2O2/c1-10(14)5-4-7-12(8-6-10)9(13)11(2)3/h14H,4-8H2,1-3H3. The van der Waals surface area contributed by atoms with Crippen LogP contribution in [0.2, 0.25) is 0 Å². The van der Waals surface area contributed by atoms with E-state index in [1.807, 2.05) is 11.8 Å². The van der Waals surface area contributed by atoms with Gasteiger partial charge < -0.3 is 14.9 Å². The van der Waals surface area contributed by atoms with Crippen LogP contribution in [0.5, 0.6) is 0 Å². The zero-order valence-corrected chi connectivity index (χ0v) is 9.29. The minimum atomic E-state index is -0.596. The highest BCUT2D eigenvalue weighted by Gasteiger charge is 2.27. The van der Waals surface area contributed by atoms with Gasteiger partial charge in [0.25, 0.3) is 0 Å². The Bertz CT molecular complexity index is 214. The summed E-state index contributed by atoms with van der Waals surface area (Å²) in [5.41, 5.74) is -0.596. The van der Waals surface area contributed by atoms with Gasteiger partial charge in [0, 0.05) is 27.2 Å². The maximum absolute atomic E-state index is 11.6. The molecule has 1 aliphatic heterocycles. The number of carbonyl (C=O) groups is 1. The van der Waals surface area contributed by atoms with Crippen molar-refractivity contribution in [2.24, 2.45) is 0 Å². The predicted octanol–water partition coefficient (Wildman–Crippen LogP) is 0.905. The maximum Gasteiger partial charge on any atom is 0.319 e. The van der Waals surface area contributed by atoms with Gasteiger partial charge in [-0.05, 0) is 26.2 Å². The fraction of sp³-hybridized carbons (Fsp3) is 0.900. The van der Waals surface area contributed by atoms with E-state index in [4.69, 9.17) is 0 Å². The van der Waals surface area contributed by atoms with E-state index in [-0.39, 0.29) is 6.03 Å². The monoisotopic (exact) mass is 200 g/mol. The van der Waals surface area contributed by atoms with Crippen LogP contribution in [0.3, 0.4) is 0 Å². The maximum atomic E-state index is 11.6. The second-order valence-corrected chi connectivity index (χ2v) is 4.51. The van der Waals surface area contributed by atoms with Crippen LogP contribution in [-0.2, 0) is 0 Å². The second-order valence-electron chi connectivity index (χ2n) is 4.51. The summed E-state index contributed by atoms with van der Waals surface area (Å²) in [5.74, 6) is 0. The third-order valence-corrected chi connectivity index (χ3v) is 2.72. The first-order valence-corrected chi connectivity index (χ1v) is 5.11. The third-order valence-electron chi connectivity index (χ3n) is 2.72. The fourth-order valence-corrected chi connectivity index (χ4v) is 1.74. The lowest BCUT2D eigenvalue weighted by Crippen LogP contribution is -2.40. The van der Waals surface area contributed by atoms with E-state index < -0.39 is 5.60 Å². The van der Waals surface area contributed by atoms with Gasteiger partial charge in [0.2, 0.25) is 0 Å². The van der Waals surface area contributed by atoms with Gasteiger partial charge in [-0.2, -0.15) is 0 Å². The highest BCUT2D eigenvalue weighted by molar-refractivity contribution is 5.73. The molecule has 4 nitrogen and oxygen atoms in total. The van der Waals surface area contributed by atoms with Crippen molar-refractivity contribution in [3.63, 3.8) is 0 Å². The zero-order valence-electron chi connectivity index (χ0n) is 9.29. The molecule has 1 fully saturated rings. The Morgan fingerprint density at radius 2 is 2.00 bits per heavy atom. The van der Waals surface area contributed by atoms with E-state index in [1.54, 1.807) is 19.0 Å². The van der Waals surface area contributed by atoms with Gasteiger partial charge in [0.15, 0.2) is 0 Å². The summed E-state index contributed by atoms with van der Waals surface area (Å²) in [7, 11) is 3.51. The number of hydrogen-bond acceptors (Lipinski definition) is 2. The first-order valence-electron chi connectivity index (χ1n) is 5.11. The quantitative estimate of drug-likeness (QED) is 0.631. The van der Waals surface area contributed by atoms with Crippen LogP contribution in [0.1, 0.15) is 26.2 Å². The number of nitrogens with zero attached hydrogens (tertiary/aromatic N) is 2. The van der Waals surface area contributed by atoms with Crippen LogP contribution in [0.4, 0.5) is 4.79 Å². The van der Waals surface area contributed by atoms with Gasteiger partial charge in [-0.1, -0.05) is 0 Å². The first kappa shape index (κ1) is 11.3. The average Bonchev–Trinajstić information content (AvgIpc) is 2.25. The predicted molar refractivity (Wildman–Crippen MR) is 55.1 cm³/mol. The van der Waals surface area contributed by atoms with Gasteiger partial charge in [0.1, 0.15) is 0 Å². The molecule has 0 radical (unpaired) electrons. The van der Waals surface area contributed by atoms with Gasteiger partial charge in [-0.3, -0.25) is 0 Å². The highest BCUT2D eigenvalue weighted by atomic mass is 16.3.